The van der Waals surface area contributed by atoms with Crippen molar-refractivity contribution in [2.75, 3.05) is 0 Å². The number of carbonyl (C=O) groups is 2. The van der Waals surface area contributed by atoms with Gasteiger partial charge in [0, 0.05) is 12.8 Å². The molecule has 0 radical (unpaired) electrons. The van der Waals surface area contributed by atoms with Crippen molar-refractivity contribution in [3.05, 3.63) is 0 Å². The average molecular weight is 453 g/mol. The maximum Gasteiger partial charge on any atom is 0.342 e. The van der Waals surface area contributed by atoms with Gasteiger partial charge >= 0.3 is 11.9 Å². The highest BCUT2D eigenvalue weighted by Gasteiger charge is 2.29. The number of nitriles is 2. The van der Waals surface area contributed by atoms with E-state index in [4.69, 9.17) is 19.6 Å². The third-order valence-corrected chi connectivity index (χ3v) is 3.83. The van der Waals surface area contributed by atoms with Crippen LogP contribution in [0.15, 0.2) is 10.2 Å². The van der Waals surface area contributed by atoms with Crippen LogP contribution in [-0.2, 0) is 29.1 Å². The van der Waals surface area contributed by atoms with Gasteiger partial charge in [-0.2, -0.15) is 30.5 Å². The van der Waals surface area contributed by atoms with Crippen LogP contribution in [0.1, 0.15) is 93.9 Å². The van der Waals surface area contributed by atoms with E-state index in [-0.39, 0.29) is 25.7 Å². The summed E-state index contributed by atoms with van der Waals surface area (Å²) in [6.45, 7) is 13.7. The van der Waals surface area contributed by atoms with Crippen molar-refractivity contribution in [2.45, 2.75) is 116 Å². The van der Waals surface area contributed by atoms with Crippen molar-refractivity contribution >= 4 is 11.9 Å². The zero-order valence-electron chi connectivity index (χ0n) is 20.5. The van der Waals surface area contributed by atoms with Gasteiger partial charge in [-0.25, -0.2) is 9.59 Å². The minimum Gasteiger partial charge on any atom is -0.298 e. The molecule has 180 valence electrons. The van der Waals surface area contributed by atoms with Crippen LogP contribution in [0.3, 0.4) is 0 Å². The van der Waals surface area contributed by atoms with Crippen LogP contribution in [0.5, 0.6) is 0 Å². The smallest absolute Gasteiger partial charge is 0.298 e. The second kappa shape index (κ2) is 12.5. The summed E-state index contributed by atoms with van der Waals surface area (Å²) >= 11 is 0. The summed E-state index contributed by atoms with van der Waals surface area (Å²) in [4.78, 5) is 42.8. The summed E-state index contributed by atoms with van der Waals surface area (Å²) in [5, 5.41) is 27.2. The number of hydrogen-bond donors (Lipinski definition) is 0. The molecule has 0 aromatic rings. The number of azo groups is 1. The SMILES string of the molecule is CC(C#N)(CCCC(=O)OOC(C)(C)C)N=NC(C)(C#N)CCCC(=O)OOC(C)(C)C. The lowest BCUT2D eigenvalue weighted by atomic mass is 9.96. The third-order valence-electron chi connectivity index (χ3n) is 3.83. The van der Waals surface area contributed by atoms with Crippen molar-refractivity contribution in [1.82, 2.24) is 0 Å². The predicted molar refractivity (Wildman–Crippen MR) is 114 cm³/mol. The van der Waals surface area contributed by atoms with E-state index in [1.165, 1.54) is 0 Å². The second-order valence-corrected chi connectivity index (χ2v) is 9.98. The number of nitrogens with zero attached hydrogens (tertiary/aromatic N) is 4. The Bertz CT molecular complexity index is 679. The molecular formula is C22H36N4O6. The number of hydrogen-bond acceptors (Lipinski definition) is 10. The zero-order chi connectivity index (χ0) is 25.1. The molecule has 0 rings (SSSR count). The Morgan fingerprint density at radius 1 is 0.688 bits per heavy atom. The summed E-state index contributed by atoms with van der Waals surface area (Å²) in [5.41, 5.74) is -3.63. The Balaban J connectivity index is 4.68. The molecule has 0 aromatic heterocycles. The van der Waals surface area contributed by atoms with Gasteiger partial charge in [-0.15, -0.1) is 0 Å². The van der Waals surface area contributed by atoms with Crippen LogP contribution in [0.4, 0.5) is 0 Å². The Morgan fingerprint density at radius 3 is 1.25 bits per heavy atom. The van der Waals surface area contributed by atoms with E-state index >= 15 is 0 Å². The molecule has 0 aromatic carbocycles. The van der Waals surface area contributed by atoms with E-state index in [0.717, 1.165) is 0 Å². The fourth-order valence-electron chi connectivity index (χ4n) is 2.06. The average Bonchev–Trinajstić information content (AvgIpc) is 2.68. The summed E-state index contributed by atoms with van der Waals surface area (Å²) in [6, 6.07) is 4.13. The van der Waals surface area contributed by atoms with Crippen LogP contribution in [0.25, 0.3) is 0 Å². The van der Waals surface area contributed by atoms with Crippen LogP contribution < -0.4 is 0 Å². The summed E-state index contributed by atoms with van der Waals surface area (Å²) in [6.07, 6.45) is 1.26. The molecule has 0 spiro atoms. The minimum atomic E-state index is -1.21. The maximum atomic E-state index is 11.7. The lowest BCUT2D eigenvalue weighted by Gasteiger charge is -2.20. The molecule has 0 aliphatic carbocycles. The quantitative estimate of drug-likeness (QED) is 0.231. The Morgan fingerprint density at radius 2 is 1.00 bits per heavy atom. The predicted octanol–water partition coefficient (Wildman–Crippen LogP) is 4.89. The van der Waals surface area contributed by atoms with Crippen LogP contribution in [0, 0.1) is 22.7 Å². The fourth-order valence-corrected chi connectivity index (χ4v) is 2.06. The van der Waals surface area contributed by atoms with Gasteiger partial charge in [-0.3, -0.25) is 9.78 Å². The number of rotatable bonds is 12. The van der Waals surface area contributed by atoms with Crippen molar-refractivity contribution in [1.29, 1.82) is 10.5 Å². The molecule has 2 atom stereocenters. The molecule has 0 aliphatic rings. The maximum absolute atomic E-state index is 11.7. The van der Waals surface area contributed by atoms with E-state index in [2.05, 4.69) is 22.4 Å². The highest BCUT2D eigenvalue weighted by atomic mass is 17.2. The third kappa shape index (κ3) is 14.4. The molecule has 10 nitrogen and oxygen atoms in total. The topological polar surface area (TPSA) is 143 Å². The fraction of sp³-hybridized carbons (Fsp3) is 0.818. The first-order chi connectivity index (χ1) is 14.5. The molecule has 0 amide bonds. The molecular weight excluding hydrogens is 416 g/mol. The summed E-state index contributed by atoms with van der Waals surface area (Å²) < 4.78 is 0. The highest BCUT2D eigenvalue weighted by Crippen LogP contribution is 2.25. The second-order valence-electron chi connectivity index (χ2n) is 9.98. The molecule has 0 bridgehead atoms. The van der Waals surface area contributed by atoms with E-state index in [1.54, 1.807) is 55.4 Å². The zero-order valence-corrected chi connectivity index (χ0v) is 20.5. The molecule has 0 N–H and O–H groups in total. The molecule has 10 heteroatoms. The molecule has 2 unspecified atom stereocenters. The standard InChI is InChI=1S/C22H36N4O6/c1-19(2,3)31-29-17(27)11-9-13-21(7,15-23)25-26-22(8,16-24)14-10-12-18(28)30-32-20(4,5)6/h9-14H2,1-8H3. The first-order valence-corrected chi connectivity index (χ1v) is 10.6. The lowest BCUT2D eigenvalue weighted by molar-refractivity contribution is -0.320. The number of carbonyl (C=O) groups excluding carboxylic acids is 2. The summed E-state index contributed by atoms with van der Waals surface area (Å²) in [5.74, 6) is -1.08. The molecule has 0 heterocycles. The van der Waals surface area contributed by atoms with Gasteiger partial charge in [0.15, 0.2) is 11.1 Å². The van der Waals surface area contributed by atoms with Gasteiger partial charge in [0.05, 0.1) is 12.1 Å². The minimum absolute atomic E-state index is 0.0527. The highest BCUT2D eigenvalue weighted by molar-refractivity contribution is 5.68. The van der Waals surface area contributed by atoms with Gasteiger partial charge in [0.1, 0.15) is 11.2 Å². The van der Waals surface area contributed by atoms with E-state index < -0.39 is 34.2 Å². The molecule has 0 fully saturated rings. The van der Waals surface area contributed by atoms with E-state index in [9.17, 15) is 20.1 Å². The lowest BCUT2D eigenvalue weighted by Crippen LogP contribution is -2.25. The van der Waals surface area contributed by atoms with Crippen molar-refractivity contribution in [2.24, 2.45) is 10.2 Å². The van der Waals surface area contributed by atoms with Crippen LogP contribution in [-0.4, -0.2) is 34.2 Å². The first-order valence-electron chi connectivity index (χ1n) is 10.6. The normalized spacial score (nSPS) is 15.8. The van der Waals surface area contributed by atoms with Crippen LogP contribution >= 0.6 is 0 Å². The van der Waals surface area contributed by atoms with E-state index in [0.29, 0.717) is 12.8 Å². The summed E-state index contributed by atoms with van der Waals surface area (Å²) in [7, 11) is 0. The molecule has 0 aliphatic heterocycles. The monoisotopic (exact) mass is 452 g/mol. The first kappa shape index (κ1) is 29.4. The van der Waals surface area contributed by atoms with Gasteiger partial charge in [-0.05, 0) is 81.1 Å². The van der Waals surface area contributed by atoms with Crippen molar-refractivity contribution in [3.8, 4) is 12.1 Å². The molecule has 0 saturated carbocycles. The molecule has 0 saturated heterocycles. The van der Waals surface area contributed by atoms with Gasteiger partial charge in [0.2, 0.25) is 0 Å². The Kier molecular flexibility index (Phi) is 11.5. The largest absolute Gasteiger partial charge is 0.342 e. The van der Waals surface area contributed by atoms with Gasteiger partial charge in [-0.1, -0.05) is 0 Å². The van der Waals surface area contributed by atoms with Gasteiger partial charge < -0.3 is 0 Å². The van der Waals surface area contributed by atoms with Crippen molar-refractivity contribution in [3.63, 3.8) is 0 Å². The van der Waals surface area contributed by atoms with Crippen LogP contribution in [0.2, 0.25) is 0 Å². The Hall–Kier alpha value is -2.56. The van der Waals surface area contributed by atoms with Crippen molar-refractivity contribution < 1.29 is 29.1 Å². The van der Waals surface area contributed by atoms with E-state index in [1.807, 2.05) is 0 Å². The molecule has 32 heavy (non-hydrogen) atoms. The van der Waals surface area contributed by atoms with Gasteiger partial charge in [0.25, 0.3) is 0 Å². The Labute approximate surface area is 190 Å².